The first-order chi connectivity index (χ1) is 33.5. The van der Waals surface area contributed by atoms with Crippen molar-refractivity contribution >= 4 is 17.8 Å². The normalized spacial score (nSPS) is 11.2. The molecule has 0 aliphatic carbocycles. The second-order valence-electron chi connectivity index (χ2n) is 14.3. The van der Waals surface area contributed by atoms with Crippen molar-refractivity contribution in [3.8, 4) is 16.9 Å². The summed E-state index contributed by atoms with van der Waals surface area (Å²) in [6, 6.07) is 24.1. The molecule has 0 heterocycles. The Kier molecular flexibility index (Phi) is 35.1. The average molecular weight is 962 g/mol. The second kappa shape index (κ2) is 41.4. The summed E-state index contributed by atoms with van der Waals surface area (Å²) in [6.07, 6.45) is -0.0117. The summed E-state index contributed by atoms with van der Waals surface area (Å²) in [5, 5.41) is 11.3. The van der Waals surface area contributed by atoms with E-state index in [9.17, 15) is 14.4 Å². The van der Waals surface area contributed by atoms with Gasteiger partial charge in [0.15, 0.2) is 6.61 Å². The van der Waals surface area contributed by atoms with Gasteiger partial charge in [0, 0.05) is 6.54 Å². The molecule has 380 valence electrons. The first-order valence-corrected chi connectivity index (χ1v) is 23.0. The van der Waals surface area contributed by atoms with Crippen molar-refractivity contribution in [1.29, 1.82) is 0 Å². The highest BCUT2D eigenvalue weighted by molar-refractivity contribution is 5.91. The lowest BCUT2D eigenvalue weighted by Crippen LogP contribution is -2.31. The molecule has 0 aromatic heterocycles. The molecular formula is C49H71NO18. The number of hydrogen-bond acceptors (Lipinski definition) is 17. The van der Waals surface area contributed by atoms with E-state index in [-0.39, 0.29) is 32.1 Å². The molecule has 0 bridgehead atoms. The Hall–Kier alpha value is -4.61. The van der Waals surface area contributed by atoms with Gasteiger partial charge in [-0.05, 0) is 41.0 Å². The number of carbonyl (C=O) groups is 3. The number of rotatable bonds is 46. The van der Waals surface area contributed by atoms with Gasteiger partial charge < -0.3 is 76.7 Å². The molecule has 0 saturated heterocycles. The summed E-state index contributed by atoms with van der Waals surface area (Å²) in [4.78, 5) is 35.2. The Balaban J connectivity index is 0.969. The highest BCUT2D eigenvalue weighted by Gasteiger charge is 2.10. The van der Waals surface area contributed by atoms with E-state index in [1.54, 1.807) is 24.3 Å². The minimum Gasteiger partial charge on any atom is -0.484 e. The Bertz CT molecular complexity index is 1690. The molecule has 1 amide bonds. The standard InChI is InChI=1S/C49H71NO18/c51-47(41-67-46-11-9-43(10-12-46)44-7-4-8-45(39-44)49(54)68-40-42-5-2-1-3-6-42)50-14-16-56-18-20-58-22-24-60-26-28-62-30-32-64-34-36-66-38-37-65-35-33-63-31-29-61-27-25-59-23-21-57-19-17-55-15-13-48(52)53/h1-12,39H,13-38,40-41H2,(H,50,51)(H,52,53). The van der Waals surface area contributed by atoms with Gasteiger partial charge in [0.2, 0.25) is 0 Å². The van der Waals surface area contributed by atoms with Crippen LogP contribution in [0.1, 0.15) is 22.3 Å². The van der Waals surface area contributed by atoms with E-state index in [4.69, 9.17) is 71.4 Å². The third-order valence-electron chi connectivity index (χ3n) is 8.99. The van der Waals surface area contributed by atoms with Crippen LogP contribution in [0.25, 0.3) is 11.1 Å². The van der Waals surface area contributed by atoms with Gasteiger partial charge in [-0.1, -0.05) is 54.6 Å². The van der Waals surface area contributed by atoms with Crippen molar-refractivity contribution < 1.29 is 85.8 Å². The van der Waals surface area contributed by atoms with E-state index >= 15 is 0 Å². The first-order valence-electron chi connectivity index (χ1n) is 23.0. The predicted octanol–water partition coefficient (Wildman–Crippen LogP) is 3.88. The van der Waals surface area contributed by atoms with Crippen LogP contribution in [-0.2, 0) is 77.8 Å². The van der Waals surface area contributed by atoms with Crippen LogP contribution in [0.3, 0.4) is 0 Å². The first kappa shape index (κ1) is 57.7. The zero-order valence-electron chi connectivity index (χ0n) is 39.2. The lowest BCUT2D eigenvalue weighted by Gasteiger charge is -2.10. The number of esters is 1. The fraction of sp³-hybridized carbons (Fsp3) is 0.571. The molecule has 0 atom stereocenters. The highest BCUT2D eigenvalue weighted by atomic mass is 16.6. The zero-order chi connectivity index (χ0) is 48.2. The van der Waals surface area contributed by atoms with Crippen LogP contribution in [0.4, 0.5) is 0 Å². The largest absolute Gasteiger partial charge is 0.484 e. The number of carbonyl (C=O) groups excluding carboxylic acids is 2. The molecule has 0 spiro atoms. The van der Waals surface area contributed by atoms with E-state index in [0.717, 1.165) is 16.7 Å². The van der Waals surface area contributed by atoms with E-state index in [0.29, 0.717) is 170 Å². The maximum atomic E-state index is 12.6. The summed E-state index contributed by atoms with van der Waals surface area (Å²) in [5.74, 6) is -0.985. The Morgan fingerprint density at radius 1 is 0.426 bits per heavy atom. The lowest BCUT2D eigenvalue weighted by atomic mass is 10.0. The number of amides is 1. The Morgan fingerprint density at radius 3 is 1.26 bits per heavy atom. The number of ether oxygens (including phenoxy) is 14. The summed E-state index contributed by atoms with van der Waals surface area (Å²) >= 11 is 0. The smallest absolute Gasteiger partial charge is 0.338 e. The van der Waals surface area contributed by atoms with Crippen molar-refractivity contribution in [2.24, 2.45) is 0 Å². The van der Waals surface area contributed by atoms with Crippen LogP contribution in [0.15, 0.2) is 78.9 Å². The van der Waals surface area contributed by atoms with Gasteiger partial charge in [0.1, 0.15) is 12.4 Å². The quantitative estimate of drug-likeness (QED) is 0.0608. The van der Waals surface area contributed by atoms with E-state index in [1.165, 1.54) is 0 Å². The van der Waals surface area contributed by atoms with Crippen LogP contribution < -0.4 is 10.1 Å². The molecule has 3 aromatic rings. The van der Waals surface area contributed by atoms with E-state index in [1.807, 2.05) is 54.6 Å². The number of aliphatic carboxylic acids is 1. The van der Waals surface area contributed by atoms with E-state index in [2.05, 4.69) is 5.32 Å². The SMILES string of the molecule is O=C(O)CCOCCOCCOCCOCCOCCOCCOCCOCCOCCOCCOCCOCCNC(=O)COc1ccc(-c2cccc(C(=O)OCc3ccccc3)c2)cc1. The second-order valence-corrected chi connectivity index (χ2v) is 14.3. The average Bonchev–Trinajstić information content (AvgIpc) is 3.36. The molecule has 0 unspecified atom stereocenters. The van der Waals surface area contributed by atoms with Crippen molar-refractivity contribution in [2.45, 2.75) is 13.0 Å². The molecule has 0 fully saturated rings. The van der Waals surface area contributed by atoms with Crippen molar-refractivity contribution in [2.75, 3.05) is 172 Å². The van der Waals surface area contributed by atoms with Gasteiger partial charge in [-0.25, -0.2) is 4.79 Å². The molecule has 19 nitrogen and oxygen atoms in total. The number of benzene rings is 3. The molecule has 68 heavy (non-hydrogen) atoms. The van der Waals surface area contributed by atoms with Crippen LogP contribution in [0, 0.1) is 0 Å². The van der Waals surface area contributed by atoms with Crippen LogP contribution in [0.2, 0.25) is 0 Å². The number of hydrogen-bond donors (Lipinski definition) is 2. The minimum absolute atomic E-state index is 0.0117. The molecule has 2 N–H and O–H groups in total. The van der Waals surface area contributed by atoms with Gasteiger partial charge in [0.05, 0.1) is 171 Å². The summed E-state index contributed by atoms with van der Waals surface area (Å²) < 4.78 is 76.4. The maximum absolute atomic E-state index is 12.6. The molecule has 0 aliphatic rings. The number of nitrogens with one attached hydrogen (secondary N) is 1. The predicted molar refractivity (Wildman–Crippen MR) is 248 cm³/mol. The van der Waals surface area contributed by atoms with Crippen molar-refractivity contribution in [3.05, 3.63) is 90.0 Å². The Morgan fingerprint density at radius 2 is 0.838 bits per heavy atom. The molecular weight excluding hydrogens is 891 g/mol. The van der Waals surface area contributed by atoms with Crippen LogP contribution in [-0.4, -0.2) is 195 Å². The Labute approximate surface area is 399 Å². The number of carboxylic acids is 1. The van der Waals surface area contributed by atoms with Gasteiger partial charge in [-0.15, -0.1) is 0 Å². The van der Waals surface area contributed by atoms with Gasteiger partial charge in [-0.2, -0.15) is 0 Å². The molecule has 0 saturated carbocycles. The van der Waals surface area contributed by atoms with Gasteiger partial charge in [-0.3, -0.25) is 9.59 Å². The molecule has 3 rings (SSSR count). The monoisotopic (exact) mass is 961 g/mol. The zero-order valence-corrected chi connectivity index (χ0v) is 39.2. The molecule has 0 radical (unpaired) electrons. The maximum Gasteiger partial charge on any atom is 0.338 e. The van der Waals surface area contributed by atoms with Gasteiger partial charge >= 0.3 is 11.9 Å². The topological polar surface area (TPSA) is 213 Å². The van der Waals surface area contributed by atoms with Crippen LogP contribution >= 0.6 is 0 Å². The molecule has 0 aliphatic heterocycles. The third-order valence-corrected chi connectivity index (χ3v) is 8.99. The minimum atomic E-state index is -0.882. The van der Waals surface area contributed by atoms with Crippen molar-refractivity contribution in [3.63, 3.8) is 0 Å². The summed E-state index contributed by atoms with van der Waals surface area (Å²) in [5.41, 5.74) is 3.14. The highest BCUT2D eigenvalue weighted by Crippen LogP contribution is 2.24. The van der Waals surface area contributed by atoms with Crippen molar-refractivity contribution in [1.82, 2.24) is 5.32 Å². The fourth-order valence-electron chi connectivity index (χ4n) is 5.52. The summed E-state index contributed by atoms with van der Waals surface area (Å²) in [7, 11) is 0. The van der Waals surface area contributed by atoms with Crippen LogP contribution in [0.5, 0.6) is 5.75 Å². The van der Waals surface area contributed by atoms with E-state index < -0.39 is 11.9 Å². The fourth-order valence-corrected chi connectivity index (χ4v) is 5.52. The van der Waals surface area contributed by atoms with Gasteiger partial charge in [0.25, 0.3) is 5.91 Å². The molecule has 19 heteroatoms. The number of carboxylic acid groups (broad SMARTS) is 1. The molecule has 3 aromatic carbocycles. The lowest BCUT2D eigenvalue weighted by molar-refractivity contribution is -0.138. The third kappa shape index (κ3) is 32.2. The summed E-state index contributed by atoms with van der Waals surface area (Å²) in [6.45, 7) is 10.8.